The Bertz CT molecular complexity index is 535. The highest BCUT2D eigenvalue weighted by Crippen LogP contribution is 2.31. The number of benzene rings is 1. The van der Waals surface area contributed by atoms with Crippen LogP contribution in [0.4, 0.5) is 18.9 Å². The highest BCUT2D eigenvalue weighted by molar-refractivity contribution is 5.85. The summed E-state index contributed by atoms with van der Waals surface area (Å²) in [5.41, 5.74) is -0.0449. The van der Waals surface area contributed by atoms with E-state index in [2.05, 4.69) is 11.5 Å². The number of halogens is 4. The lowest BCUT2D eigenvalue weighted by Gasteiger charge is -2.37. The molecule has 1 N–H and O–H groups in total. The van der Waals surface area contributed by atoms with E-state index >= 15 is 0 Å². The molecule has 0 radical (unpaired) electrons. The molecule has 0 saturated carbocycles. The highest BCUT2D eigenvalue weighted by atomic mass is 35.5. The number of piperazine rings is 1. The number of rotatable bonds is 7. The predicted octanol–water partition coefficient (Wildman–Crippen LogP) is 2.81. The van der Waals surface area contributed by atoms with Crippen LogP contribution in [0.15, 0.2) is 36.9 Å². The zero-order chi connectivity index (χ0) is 17.6. The number of anilines is 1. The quantitative estimate of drug-likeness (QED) is 0.583. The molecule has 1 heterocycles. The van der Waals surface area contributed by atoms with E-state index in [1.165, 1.54) is 12.1 Å². The van der Waals surface area contributed by atoms with Crippen LogP contribution in [0.5, 0.6) is 0 Å². The van der Waals surface area contributed by atoms with Crippen molar-refractivity contribution in [2.24, 2.45) is 0 Å². The fourth-order valence-corrected chi connectivity index (χ4v) is 2.71. The van der Waals surface area contributed by atoms with Gasteiger partial charge < -0.3 is 14.7 Å². The zero-order valence-electron chi connectivity index (χ0n) is 13.9. The van der Waals surface area contributed by atoms with E-state index in [9.17, 15) is 18.3 Å². The monoisotopic (exact) mass is 380 g/mol. The zero-order valence-corrected chi connectivity index (χ0v) is 14.7. The van der Waals surface area contributed by atoms with Crippen LogP contribution < -0.4 is 4.90 Å². The van der Waals surface area contributed by atoms with Gasteiger partial charge in [-0.15, -0.1) is 19.0 Å². The number of ether oxygens (including phenoxy) is 1. The summed E-state index contributed by atoms with van der Waals surface area (Å²) in [6.45, 7) is 7.32. The van der Waals surface area contributed by atoms with Crippen molar-refractivity contribution in [2.45, 2.75) is 12.3 Å². The molecule has 0 spiro atoms. The van der Waals surface area contributed by atoms with Crippen LogP contribution in [0.1, 0.15) is 5.56 Å². The first kappa shape index (κ1) is 21.8. The Kier molecular flexibility index (Phi) is 8.71. The van der Waals surface area contributed by atoms with Gasteiger partial charge in [0.2, 0.25) is 0 Å². The maximum absolute atomic E-state index is 12.8. The molecule has 4 nitrogen and oxygen atoms in total. The maximum Gasteiger partial charge on any atom is 0.416 e. The number of nitrogens with zero attached hydrogens (tertiary/aromatic N) is 2. The summed E-state index contributed by atoms with van der Waals surface area (Å²) in [6.07, 6.45) is -3.28. The molecular weight excluding hydrogens is 357 g/mol. The van der Waals surface area contributed by atoms with Crippen molar-refractivity contribution in [3.05, 3.63) is 42.5 Å². The summed E-state index contributed by atoms with van der Waals surface area (Å²) >= 11 is 0. The van der Waals surface area contributed by atoms with Crippen LogP contribution in [0.2, 0.25) is 0 Å². The first-order chi connectivity index (χ1) is 11.4. The first-order valence-corrected chi connectivity index (χ1v) is 7.91. The maximum atomic E-state index is 12.8. The Morgan fingerprint density at radius 2 is 1.92 bits per heavy atom. The Hall–Kier alpha value is -1.28. The van der Waals surface area contributed by atoms with Gasteiger partial charge in [0.25, 0.3) is 0 Å². The van der Waals surface area contributed by atoms with Crippen LogP contribution in [0.25, 0.3) is 0 Å². The number of alkyl halides is 3. The van der Waals surface area contributed by atoms with Crippen LogP contribution >= 0.6 is 12.4 Å². The minimum atomic E-state index is -4.33. The van der Waals surface area contributed by atoms with Gasteiger partial charge in [-0.1, -0.05) is 12.1 Å². The largest absolute Gasteiger partial charge is 0.416 e. The van der Waals surface area contributed by atoms with Crippen LogP contribution in [0.3, 0.4) is 0 Å². The molecule has 142 valence electrons. The first-order valence-electron chi connectivity index (χ1n) is 7.91. The topological polar surface area (TPSA) is 35.9 Å². The van der Waals surface area contributed by atoms with Gasteiger partial charge in [-0.05, 0) is 18.2 Å². The summed E-state index contributed by atoms with van der Waals surface area (Å²) in [4.78, 5) is 4.03. The van der Waals surface area contributed by atoms with Gasteiger partial charge in [0, 0.05) is 38.4 Å². The van der Waals surface area contributed by atoms with Crippen molar-refractivity contribution in [1.82, 2.24) is 4.90 Å². The van der Waals surface area contributed by atoms with Gasteiger partial charge in [-0.3, -0.25) is 4.90 Å². The normalized spacial score (nSPS) is 17.0. The van der Waals surface area contributed by atoms with E-state index in [1.54, 1.807) is 12.1 Å². The van der Waals surface area contributed by atoms with Crippen molar-refractivity contribution in [1.29, 1.82) is 0 Å². The van der Waals surface area contributed by atoms with E-state index in [0.29, 0.717) is 45.0 Å². The molecule has 1 aromatic rings. The predicted molar refractivity (Wildman–Crippen MR) is 94.4 cm³/mol. The van der Waals surface area contributed by atoms with E-state index in [0.717, 1.165) is 6.07 Å². The molecule has 1 unspecified atom stereocenters. The Labute approximate surface area is 152 Å². The van der Waals surface area contributed by atoms with Crippen molar-refractivity contribution in [2.75, 3.05) is 50.8 Å². The third kappa shape index (κ3) is 6.86. The van der Waals surface area contributed by atoms with E-state index in [-0.39, 0.29) is 19.0 Å². The second kappa shape index (κ2) is 10.0. The molecule has 8 heteroatoms. The second-order valence-electron chi connectivity index (χ2n) is 5.82. The molecule has 1 aromatic carbocycles. The highest BCUT2D eigenvalue weighted by Gasteiger charge is 2.31. The van der Waals surface area contributed by atoms with Gasteiger partial charge in [0.15, 0.2) is 0 Å². The lowest BCUT2D eigenvalue weighted by Crippen LogP contribution is -2.49. The molecule has 1 aliphatic heterocycles. The SMILES string of the molecule is C=CCOCC(O)CN1CCN(c2cccc(C(F)(F)F)c2)CC1.Cl. The van der Waals surface area contributed by atoms with Crippen LogP contribution in [-0.2, 0) is 10.9 Å². The summed E-state index contributed by atoms with van der Waals surface area (Å²) in [5.74, 6) is 0. The summed E-state index contributed by atoms with van der Waals surface area (Å²) in [5, 5.41) is 9.90. The standard InChI is InChI=1S/C17H23F3N2O2.ClH/c1-2-10-24-13-16(23)12-21-6-8-22(9-7-21)15-5-3-4-14(11-15)17(18,19)20;/h2-5,11,16,23H,1,6-10,12-13H2;1H. The number of hydrogen-bond donors (Lipinski definition) is 1. The van der Waals surface area contributed by atoms with Crippen molar-refractivity contribution >= 4 is 18.1 Å². The third-order valence-corrected chi connectivity index (χ3v) is 3.93. The minimum Gasteiger partial charge on any atom is -0.389 e. The minimum absolute atomic E-state index is 0. The molecule has 1 saturated heterocycles. The van der Waals surface area contributed by atoms with Crippen molar-refractivity contribution in [3.63, 3.8) is 0 Å². The lowest BCUT2D eigenvalue weighted by atomic mass is 10.1. The lowest BCUT2D eigenvalue weighted by molar-refractivity contribution is -0.137. The Morgan fingerprint density at radius 1 is 1.24 bits per heavy atom. The number of hydrogen-bond acceptors (Lipinski definition) is 4. The van der Waals surface area contributed by atoms with Crippen molar-refractivity contribution in [3.8, 4) is 0 Å². The Balaban J connectivity index is 0.00000312. The van der Waals surface area contributed by atoms with Crippen molar-refractivity contribution < 1.29 is 23.0 Å². The van der Waals surface area contributed by atoms with Crippen LogP contribution in [0, 0.1) is 0 Å². The molecular formula is C17H24ClF3N2O2. The van der Waals surface area contributed by atoms with E-state index < -0.39 is 17.8 Å². The van der Waals surface area contributed by atoms with Gasteiger partial charge in [-0.2, -0.15) is 13.2 Å². The van der Waals surface area contributed by atoms with E-state index in [4.69, 9.17) is 4.74 Å². The molecule has 1 atom stereocenters. The average Bonchev–Trinajstić information content (AvgIpc) is 2.55. The molecule has 0 amide bonds. The molecule has 0 aliphatic carbocycles. The van der Waals surface area contributed by atoms with Gasteiger partial charge in [-0.25, -0.2) is 0 Å². The molecule has 1 aliphatic rings. The Morgan fingerprint density at radius 3 is 2.52 bits per heavy atom. The number of aliphatic hydroxyl groups is 1. The fraction of sp³-hybridized carbons (Fsp3) is 0.529. The third-order valence-electron chi connectivity index (χ3n) is 3.93. The smallest absolute Gasteiger partial charge is 0.389 e. The molecule has 2 rings (SSSR count). The summed E-state index contributed by atoms with van der Waals surface area (Å²) in [7, 11) is 0. The molecule has 1 fully saturated rings. The van der Waals surface area contributed by atoms with Gasteiger partial charge >= 0.3 is 6.18 Å². The number of β-amino-alcohol motifs (C(OH)–C–C–N with tert-alkyl or cyclic N) is 1. The van der Waals surface area contributed by atoms with Gasteiger partial charge in [0.05, 0.1) is 24.9 Å². The van der Waals surface area contributed by atoms with E-state index in [1.807, 2.05) is 4.90 Å². The van der Waals surface area contributed by atoms with Gasteiger partial charge in [0.1, 0.15) is 0 Å². The molecule has 25 heavy (non-hydrogen) atoms. The second-order valence-corrected chi connectivity index (χ2v) is 5.82. The fourth-order valence-electron chi connectivity index (χ4n) is 2.71. The summed E-state index contributed by atoms with van der Waals surface area (Å²) < 4.78 is 43.6. The molecule has 0 bridgehead atoms. The molecule has 0 aromatic heterocycles. The van der Waals surface area contributed by atoms with Crippen LogP contribution in [-0.4, -0.2) is 62.0 Å². The summed E-state index contributed by atoms with van der Waals surface area (Å²) in [6, 6.07) is 5.40. The number of aliphatic hydroxyl groups excluding tert-OH is 1. The average molecular weight is 381 g/mol.